The molecule has 6 aromatic heterocycles. The van der Waals surface area contributed by atoms with Crippen LogP contribution in [0.15, 0.2) is 146 Å². The minimum Gasteiger partial charge on any atom is -0.368 e. The summed E-state index contributed by atoms with van der Waals surface area (Å²) in [6.45, 7) is 7.74. The lowest BCUT2D eigenvalue weighted by Gasteiger charge is -2.44. The molecule has 0 spiro atoms. The highest BCUT2D eigenvalue weighted by Gasteiger charge is 2.50. The molecule has 2 amide bonds. The van der Waals surface area contributed by atoms with Crippen LogP contribution in [0, 0.1) is 41.5 Å². The number of pyridine rings is 3. The van der Waals surface area contributed by atoms with Crippen molar-refractivity contribution in [1.29, 1.82) is 0 Å². The summed E-state index contributed by atoms with van der Waals surface area (Å²) >= 11 is 0. The van der Waals surface area contributed by atoms with Crippen LogP contribution in [0.25, 0.3) is 38.6 Å². The van der Waals surface area contributed by atoms with Gasteiger partial charge in [-0.2, -0.15) is 0 Å². The number of alkyl halides is 3. The standard InChI is InChI=1S/2C21H18F3N5O.C21H16F3N5/c2*22-13-9-21(10-13,19-16(24)2-1-7-26-19)11-27-18-6-5-17(28-29-18)14-8-12(20(25)30)3-4-15(14)23;1-25-14-4-5-16(23)15(9-14)18-6-7-19(29-28-18)27-12-21(10-13(22)11-21)20-17(24)3-2-8-26-20/h2*1-8,13H,9-11H2,(H2,25,30)(H,27,29);2-9,13H,10-12H2,(H,27,29). The van der Waals surface area contributed by atoms with Gasteiger partial charge in [-0.15, -0.1) is 30.6 Å². The molecule has 0 aliphatic heterocycles. The van der Waals surface area contributed by atoms with Crippen molar-refractivity contribution in [3.63, 3.8) is 0 Å². The molecule has 0 atom stereocenters. The van der Waals surface area contributed by atoms with E-state index in [4.69, 9.17) is 18.0 Å². The number of aromatic nitrogens is 9. The maximum absolute atomic E-state index is 14.2. The number of nitrogens with two attached hydrogens (primary N) is 2. The van der Waals surface area contributed by atoms with E-state index >= 15 is 0 Å². The Morgan fingerprint density at radius 1 is 0.438 bits per heavy atom. The zero-order valence-electron chi connectivity index (χ0n) is 46.8. The zero-order valence-corrected chi connectivity index (χ0v) is 46.8. The number of carbonyl (C=O) groups excluding carboxylic acids is 2. The normalized spacial score (nSPS) is 20.5. The maximum atomic E-state index is 14.2. The number of nitrogens with zero attached hydrogens (tertiary/aromatic N) is 10. The lowest BCUT2D eigenvalue weighted by atomic mass is 9.65. The van der Waals surface area contributed by atoms with E-state index in [-0.39, 0.29) is 120 Å². The third-order valence-electron chi connectivity index (χ3n) is 15.7. The molecule has 0 bridgehead atoms. The number of hydrogen-bond acceptors (Lipinski definition) is 14. The Labute approximate surface area is 502 Å². The van der Waals surface area contributed by atoms with E-state index in [0.29, 0.717) is 23.1 Å². The first-order chi connectivity index (χ1) is 42.8. The number of carbonyl (C=O) groups is 2. The van der Waals surface area contributed by atoms with Crippen LogP contribution in [0.4, 0.5) is 62.7 Å². The minimum atomic E-state index is -1.01. The van der Waals surface area contributed by atoms with Crippen molar-refractivity contribution in [3.05, 3.63) is 221 Å². The second-order valence-electron chi connectivity index (χ2n) is 21.7. The molecule has 0 unspecified atom stereocenters. The van der Waals surface area contributed by atoms with Crippen LogP contribution in [-0.4, -0.2) is 95.5 Å². The number of hydrogen-bond donors (Lipinski definition) is 5. The first-order valence-electron chi connectivity index (χ1n) is 27.6. The molecule has 3 fully saturated rings. The average Bonchev–Trinajstić information content (AvgIpc) is 1.82. The van der Waals surface area contributed by atoms with Gasteiger partial charge in [0.15, 0.2) is 5.69 Å². The van der Waals surface area contributed by atoms with Gasteiger partial charge in [-0.3, -0.25) is 24.5 Å². The van der Waals surface area contributed by atoms with Crippen LogP contribution in [0.2, 0.25) is 0 Å². The predicted molar refractivity (Wildman–Crippen MR) is 311 cm³/mol. The van der Waals surface area contributed by atoms with Gasteiger partial charge in [-0.1, -0.05) is 6.07 Å². The van der Waals surface area contributed by atoms with Crippen LogP contribution >= 0.6 is 0 Å². The van der Waals surface area contributed by atoms with Crippen molar-refractivity contribution >= 4 is 35.0 Å². The third-order valence-corrected chi connectivity index (χ3v) is 15.7. The second-order valence-corrected chi connectivity index (χ2v) is 21.7. The number of nitrogens with one attached hydrogen (secondary N) is 3. The molecule has 454 valence electrons. The molecule has 3 aromatic carbocycles. The quantitative estimate of drug-likeness (QED) is 0.0421. The molecule has 17 nitrogen and oxygen atoms in total. The van der Waals surface area contributed by atoms with Crippen LogP contribution in [0.3, 0.4) is 0 Å². The van der Waals surface area contributed by atoms with Crippen molar-refractivity contribution in [1.82, 2.24) is 45.5 Å². The van der Waals surface area contributed by atoms with Crippen LogP contribution in [0.5, 0.6) is 0 Å². The third kappa shape index (κ3) is 13.7. The van der Waals surface area contributed by atoms with Crippen molar-refractivity contribution in [2.45, 2.75) is 73.3 Å². The molecule has 0 saturated heterocycles. The van der Waals surface area contributed by atoms with Gasteiger partial charge in [0, 0.05) is 82.3 Å². The number of primary amides is 2. The summed E-state index contributed by atoms with van der Waals surface area (Å²) in [6, 6.07) is 29.3. The average molecular weight is 1220 g/mol. The Morgan fingerprint density at radius 2 is 0.753 bits per heavy atom. The maximum Gasteiger partial charge on any atom is 0.248 e. The first kappa shape index (κ1) is 61.6. The lowest BCUT2D eigenvalue weighted by Crippen LogP contribution is -2.49. The van der Waals surface area contributed by atoms with Crippen LogP contribution in [0.1, 0.15) is 76.3 Å². The van der Waals surface area contributed by atoms with E-state index in [0.717, 1.165) is 12.1 Å². The number of benzene rings is 3. The lowest BCUT2D eigenvalue weighted by molar-refractivity contribution is 0.0961. The molecule has 3 saturated carbocycles. The summed E-state index contributed by atoms with van der Waals surface area (Å²) in [4.78, 5) is 38.3. The summed E-state index contributed by atoms with van der Waals surface area (Å²) in [5.74, 6) is -3.28. The molecule has 9 aromatic rings. The Bertz CT molecular complexity index is 3900. The number of halogens is 9. The summed E-state index contributed by atoms with van der Waals surface area (Å²) in [5.41, 5.74) is 10.6. The van der Waals surface area contributed by atoms with Gasteiger partial charge < -0.3 is 27.4 Å². The highest BCUT2D eigenvalue weighted by molar-refractivity contribution is 5.94. The second kappa shape index (κ2) is 26.3. The Morgan fingerprint density at radius 3 is 1.02 bits per heavy atom. The molecule has 7 N–H and O–H groups in total. The van der Waals surface area contributed by atoms with Crippen molar-refractivity contribution < 1.29 is 49.1 Å². The van der Waals surface area contributed by atoms with Crippen molar-refractivity contribution in [2.24, 2.45) is 11.5 Å². The van der Waals surface area contributed by atoms with Gasteiger partial charge in [0.1, 0.15) is 70.9 Å². The van der Waals surface area contributed by atoms with E-state index in [1.807, 2.05) is 0 Å². The summed E-state index contributed by atoms with van der Waals surface area (Å²) < 4.78 is 126. The van der Waals surface area contributed by atoms with Crippen molar-refractivity contribution in [2.75, 3.05) is 35.6 Å². The predicted octanol–water partition coefficient (Wildman–Crippen LogP) is 11.6. The zero-order chi connectivity index (χ0) is 63.0. The molecule has 3 aliphatic carbocycles. The smallest absolute Gasteiger partial charge is 0.248 e. The molecular formula is C63H52F9N15O2. The monoisotopic (exact) mass is 1220 g/mol. The van der Waals surface area contributed by atoms with Gasteiger partial charge in [-0.05, 0) is 160 Å². The van der Waals surface area contributed by atoms with Gasteiger partial charge >= 0.3 is 0 Å². The van der Waals surface area contributed by atoms with E-state index < -0.39 is 81.5 Å². The Kier molecular flexibility index (Phi) is 18.2. The topological polar surface area (TPSA) is 243 Å². The van der Waals surface area contributed by atoms with Gasteiger partial charge in [-0.25, -0.2) is 44.4 Å². The summed E-state index contributed by atoms with van der Waals surface area (Å²) in [7, 11) is 0. The fourth-order valence-electron chi connectivity index (χ4n) is 11.0. The van der Waals surface area contributed by atoms with E-state index in [1.54, 1.807) is 24.3 Å². The van der Waals surface area contributed by atoms with E-state index in [1.165, 1.54) is 110 Å². The molecular weight excluding hydrogens is 1170 g/mol. The van der Waals surface area contributed by atoms with Gasteiger partial charge in [0.25, 0.3) is 0 Å². The fraction of sp³-hybridized carbons (Fsp3) is 0.238. The molecule has 12 rings (SSSR count). The molecule has 89 heavy (non-hydrogen) atoms. The van der Waals surface area contributed by atoms with Crippen LogP contribution in [-0.2, 0) is 16.2 Å². The fourth-order valence-corrected chi connectivity index (χ4v) is 11.0. The molecule has 26 heteroatoms. The SMILES string of the molecule is NC(=O)c1ccc(F)c(-c2ccc(NCC3(c4ncccc4F)CC(F)C3)nn2)c1.NC(=O)c1ccc(F)c(-c2ccc(NCC3(c4ncccc4F)CC(F)C3)nn2)c1.[C-]#[N+]c1ccc(F)c(-c2ccc(NCC3(c4ncccc4F)CC(F)C3)nn2)c1. The van der Waals surface area contributed by atoms with E-state index in [2.05, 4.69) is 66.3 Å². The van der Waals surface area contributed by atoms with Crippen LogP contribution < -0.4 is 27.4 Å². The Hall–Kier alpha value is -10.5. The Balaban J connectivity index is 0.000000147. The highest BCUT2D eigenvalue weighted by Crippen LogP contribution is 2.48. The van der Waals surface area contributed by atoms with Gasteiger partial charge in [0.2, 0.25) is 11.8 Å². The first-order valence-corrected chi connectivity index (χ1v) is 27.6. The number of rotatable bonds is 17. The van der Waals surface area contributed by atoms with Gasteiger partial charge in [0.05, 0.1) is 40.7 Å². The largest absolute Gasteiger partial charge is 0.368 e. The van der Waals surface area contributed by atoms with Crippen molar-refractivity contribution in [3.8, 4) is 33.8 Å². The molecule has 0 radical (unpaired) electrons. The highest BCUT2D eigenvalue weighted by atomic mass is 19.2. The molecule has 6 heterocycles. The summed E-state index contributed by atoms with van der Waals surface area (Å²) in [5, 5.41) is 33.2. The molecule has 3 aliphatic rings. The number of anilines is 3. The number of amides is 2. The minimum absolute atomic E-state index is 0.0941. The van der Waals surface area contributed by atoms with E-state index in [9.17, 15) is 49.1 Å². The summed E-state index contributed by atoms with van der Waals surface area (Å²) in [6.07, 6.45) is 2.41.